The Balaban J connectivity index is 2.23. The van der Waals surface area contributed by atoms with E-state index in [1.807, 2.05) is 24.3 Å². The molecule has 4 heteroatoms. The SMILES string of the molecule is CCc1ccc(C(=O)CNCCOCCO)cc1. The summed E-state index contributed by atoms with van der Waals surface area (Å²) in [7, 11) is 0. The minimum atomic E-state index is 0.0305. The molecule has 1 aromatic rings. The van der Waals surface area contributed by atoms with Gasteiger partial charge in [-0.15, -0.1) is 0 Å². The molecule has 0 bridgehead atoms. The zero-order valence-corrected chi connectivity index (χ0v) is 10.8. The number of nitrogens with one attached hydrogen (secondary N) is 1. The maximum Gasteiger partial charge on any atom is 0.176 e. The van der Waals surface area contributed by atoms with Crippen LogP contribution in [0, 0.1) is 0 Å². The van der Waals surface area contributed by atoms with Gasteiger partial charge in [0, 0.05) is 12.1 Å². The van der Waals surface area contributed by atoms with E-state index in [9.17, 15) is 4.79 Å². The highest BCUT2D eigenvalue weighted by molar-refractivity contribution is 5.97. The van der Waals surface area contributed by atoms with Gasteiger partial charge in [-0.05, 0) is 12.0 Å². The summed E-state index contributed by atoms with van der Waals surface area (Å²) >= 11 is 0. The van der Waals surface area contributed by atoms with Crippen molar-refractivity contribution in [2.45, 2.75) is 13.3 Å². The van der Waals surface area contributed by atoms with Gasteiger partial charge in [-0.2, -0.15) is 0 Å². The monoisotopic (exact) mass is 251 g/mol. The maximum absolute atomic E-state index is 11.8. The van der Waals surface area contributed by atoms with Gasteiger partial charge in [-0.25, -0.2) is 0 Å². The Hall–Kier alpha value is -1.23. The summed E-state index contributed by atoms with van der Waals surface area (Å²) in [6.45, 7) is 3.89. The first-order valence-electron chi connectivity index (χ1n) is 6.29. The van der Waals surface area contributed by atoms with Crippen LogP contribution in [0.4, 0.5) is 0 Å². The number of aryl methyl sites for hydroxylation is 1. The molecule has 0 aliphatic rings. The quantitative estimate of drug-likeness (QED) is 0.508. The number of carbonyl (C=O) groups excluding carboxylic acids is 1. The van der Waals surface area contributed by atoms with Crippen LogP contribution in [0.3, 0.4) is 0 Å². The number of aliphatic hydroxyl groups is 1. The molecule has 4 nitrogen and oxygen atoms in total. The summed E-state index contributed by atoms with van der Waals surface area (Å²) in [5.74, 6) is 0.0832. The molecule has 0 aromatic heterocycles. The van der Waals surface area contributed by atoms with E-state index in [1.165, 1.54) is 5.56 Å². The fourth-order valence-corrected chi connectivity index (χ4v) is 1.54. The van der Waals surface area contributed by atoms with Crippen LogP contribution in [-0.2, 0) is 11.2 Å². The molecule has 1 rings (SSSR count). The molecule has 18 heavy (non-hydrogen) atoms. The lowest BCUT2D eigenvalue weighted by atomic mass is 10.1. The van der Waals surface area contributed by atoms with E-state index in [4.69, 9.17) is 9.84 Å². The van der Waals surface area contributed by atoms with Crippen LogP contribution < -0.4 is 5.32 Å². The van der Waals surface area contributed by atoms with Crippen molar-refractivity contribution >= 4 is 5.78 Å². The normalized spacial score (nSPS) is 10.6. The number of ketones is 1. The summed E-state index contributed by atoms with van der Waals surface area (Å²) in [5, 5.41) is 11.5. The molecule has 0 aliphatic heterocycles. The summed E-state index contributed by atoms with van der Waals surface area (Å²) < 4.78 is 5.08. The van der Waals surface area contributed by atoms with Crippen molar-refractivity contribution in [3.63, 3.8) is 0 Å². The lowest BCUT2D eigenvalue weighted by Crippen LogP contribution is -2.26. The van der Waals surface area contributed by atoms with Crippen LogP contribution in [0.2, 0.25) is 0 Å². The molecule has 0 fully saturated rings. The van der Waals surface area contributed by atoms with Gasteiger partial charge in [0.25, 0.3) is 0 Å². The van der Waals surface area contributed by atoms with Gasteiger partial charge in [0.1, 0.15) is 0 Å². The molecule has 0 saturated heterocycles. The van der Waals surface area contributed by atoms with Crippen molar-refractivity contribution in [3.8, 4) is 0 Å². The molecule has 100 valence electrons. The van der Waals surface area contributed by atoms with Crippen LogP contribution >= 0.6 is 0 Å². The van der Waals surface area contributed by atoms with Gasteiger partial charge < -0.3 is 15.2 Å². The van der Waals surface area contributed by atoms with Crippen LogP contribution in [0.25, 0.3) is 0 Å². The molecule has 0 radical (unpaired) electrons. The van der Waals surface area contributed by atoms with E-state index >= 15 is 0 Å². The zero-order valence-electron chi connectivity index (χ0n) is 10.8. The van der Waals surface area contributed by atoms with Gasteiger partial charge in [-0.1, -0.05) is 31.2 Å². The molecule has 0 heterocycles. The third-order valence-corrected chi connectivity index (χ3v) is 2.63. The minimum Gasteiger partial charge on any atom is -0.394 e. The molecular weight excluding hydrogens is 230 g/mol. The number of carbonyl (C=O) groups is 1. The predicted molar refractivity (Wildman–Crippen MR) is 70.9 cm³/mol. The highest BCUT2D eigenvalue weighted by atomic mass is 16.5. The zero-order chi connectivity index (χ0) is 13.2. The van der Waals surface area contributed by atoms with Crippen molar-refractivity contribution in [2.24, 2.45) is 0 Å². The minimum absolute atomic E-state index is 0.0305. The van der Waals surface area contributed by atoms with Gasteiger partial charge in [-0.3, -0.25) is 4.79 Å². The molecular formula is C14H21NO3. The Kier molecular flexibility index (Phi) is 7.25. The summed E-state index contributed by atoms with van der Waals surface area (Å²) in [6.07, 6.45) is 0.981. The largest absolute Gasteiger partial charge is 0.394 e. The molecule has 2 N–H and O–H groups in total. The van der Waals surface area contributed by atoms with Crippen LogP contribution in [0.5, 0.6) is 0 Å². The second kappa shape index (κ2) is 8.80. The lowest BCUT2D eigenvalue weighted by molar-refractivity contribution is 0.0906. The molecule has 0 spiro atoms. The highest BCUT2D eigenvalue weighted by Gasteiger charge is 2.04. The predicted octanol–water partition coefficient (Wildman–Crippen LogP) is 1.03. The number of rotatable bonds is 9. The van der Waals surface area contributed by atoms with Crippen molar-refractivity contribution in [3.05, 3.63) is 35.4 Å². The highest BCUT2D eigenvalue weighted by Crippen LogP contribution is 2.05. The van der Waals surface area contributed by atoms with Gasteiger partial charge in [0.05, 0.1) is 26.4 Å². The van der Waals surface area contributed by atoms with Crippen molar-refractivity contribution < 1.29 is 14.6 Å². The first-order valence-corrected chi connectivity index (χ1v) is 6.29. The van der Waals surface area contributed by atoms with E-state index in [0.29, 0.717) is 26.3 Å². The van der Waals surface area contributed by atoms with E-state index in [-0.39, 0.29) is 12.4 Å². The maximum atomic E-state index is 11.8. The average molecular weight is 251 g/mol. The number of Topliss-reactive ketones (excluding diaryl/α,β-unsaturated/α-hetero) is 1. The third-order valence-electron chi connectivity index (χ3n) is 2.63. The van der Waals surface area contributed by atoms with Crippen LogP contribution in [0.1, 0.15) is 22.8 Å². The molecule has 0 saturated carbocycles. The standard InChI is InChI=1S/C14H21NO3/c1-2-12-3-5-13(6-4-12)14(17)11-15-7-9-18-10-8-16/h3-6,15-16H,2,7-11H2,1H3. The second-order valence-corrected chi connectivity index (χ2v) is 3.99. The number of benzene rings is 1. The fourth-order valence-electron chi connectivity index (χ4n) is 1.54. The van der Waals surface area contributed by atoms with E-state index in [2.05, 4.69) is 12.2 Å². The lowest BCUT2D eigenvalue weighted by Gasteiger charge is -2.05. The summed E-state index contributed by atoms with van der Waals surface area (Å²) in [4.78, 5) is 11.8. The number of aliphatic hydroxyl groups excluding tert-OH is 1. The first-order chi connectivity index (χ1) is 8.77. The second-order valence-electron chi connectivity index (χ2n) is 3.99. The van der Waals surface area contributed by atoms with Gasteiger partial charge >= 0.3 is 0 Å². The molecule has 0 atom stereocenters. The van der Waals surface area contributed by atoms with Gasteiger partial charge in [0.2, 0.25) is 0 Å². The van der Waals surface area contributed by atoms with E-state index < -0.39 is 0 Å². The fraction of sp³-hybridized carbons (Fsp3) is 0.500. The number of hydrogen-bond donors (Lipinski definition) is 2. The Morgan fingerprint density at radius 3 is 2.61 bits per heavy atom. The Bertz CT molecular complexity index is 349. The average Bonchev–Trinajstić information content (AvgIpc) is 2.42. The van der Waals surface area contributed by atoms with Gasteiger partial charge in [0.15, 0.2) is 5.78 Å². The third kappa shape index (κ3) is 5.40. The van der Waals surface area contributed by atoms with Crippen LogP contribution in [0.15, 0.2) is 24.3 Å². The van der Waals surface area contributed by atoms with Crippen LogP contribution in [-0.4, -0.2) is 43.8 Å². The van der Waals surface area contributed by atoms with Crippen molar-refractivity contribution in [2.75, 3.05) is 32.9 Å². The van der Waals surface area contributed by atoms with Crippen molar-refractivity contribution in [1.29, 1.82) is 0 Å². The molecule has 0 amide bonds. The topological polar surface area (TPSA) is 58.6 Å². The van der Waals surface area contributed by atoms with Crippen molar-refractivity contribution in [1.82, 2.24) is 5.32 Å². The molecule has 0 unspecified atom stereocenters. The number of hydrogen-bond acceptors (Lipinski definition) is 4. The summed E-state index contributed by atoms with van der Waals surface area (Å²) in [6, 6.07) is 7.70. The summed E-state index contributed by atoms with van der Waals surface area (Å²) in [5.41, 5.74) is 1.97. The molecule has 0 aliphatic carbocycles. The van der Waals surface area contributed by atoms with E-state index in [1.54, 1.807) is 0 Å². The molecule has 1 aromatic carbocycles. The Morgan fingerprint density at radius 1 is 1.28 bits per heavy atom. The number of ether oxygens (including phenoxy) is 1. The smallest absolute Gasteiger partial charge is 0.176 e. The first kappa shape index (κ1) is 14.8. The Labute approximate surface area is 108 Å². The Morgan fingerprint density at radius 2 is 2.00 bits per heavy atom. The van der Waals surface area contributed by atoms with E-state index in [0.717, 1.165) is 12.0 Å².